The summed E-state index contributed by atoms with van der Waals surface area (Å²) >= 11 is 0. The Kier molecular flexibility index (Phi) is 4.86. The highest BCUT2D eigenvalue weighted by Gasteiger charge is 1.98. The number of pyridine rings is 1. The van der Waals surface area contributed by atoms with Gasteiger partial charge in [0.1, 0.15) is 0 Å². The molecule has 0 bridgehead atoms. The maximum Gasteiger partial charge on any atom is 0.0571 e. The van der Waals surface area contributed by atoms with Crippen LogP contribution in [0.5, 0.6) is 0 Å². The highest BCUT2D eigenvalue weighted by Crippen LogP contribution is 2.07. The number of aromatic nitrogens is 1. The van der Waals surface area contributed by atoms with E-state index in [9.17, 15) is 0 Å². The molecule has 0 spiro atoms. The van der Waals surface area contributed by atoms with Gasteiger partial charge in [0.25, 0.3) is 0 Å². The summed E-state index contributed by atoms with van der Waals surface area (Å²) in [4.78, 5) is 4.24. The van der Waals surface area contributed by atoms with Crippen LogP contribution in [0.4, 0.5) is 0 Å². The van der Waals surface area contributed by atoms with Crippen molar-refractivity contribution in [3.8, 4) is 0 Å². The van der Waals surface area contributed by atoms with Gasteiger partial charge in [0.05, 0.1) is 5.69 Å². The van der Waals surface area contributed by atoms with Gasteiger partial charge in [-0.25, -0.2) is 0 Å². The van der Waals surface area contributed by atoms with Gasteiger partial charge >= 0.3 is 0 Å². The Hall–Kier alpha value is -0.600. The highest BCUT2D eigenvalue weighted by molar-refractivity contribution is 5.85. The predicted molar refractivity (Wildman–Crippen MR) is 53.5 cm³/mol. The molecule has 0 radical (unpaired) electrons. The normalized spacial score (nSPS) is 9.25. The third-order valence-electron chi connectivity index (χ3n) is 1.77. The van der Waals surface area contributed by atoms with Gasteiger partial charge in [-0.1, -0.05) is 13.0 Å². The van der Waals surface area contributed by atoms with Crippen molar-refractivity contribution >= 4 is 12.4 Å². The smallest absolute Gasteiger partial charge is 0.0571 e. The summed E-state index contributed by atoms with van der Waals surface area (Å²) in [5.74, 6) is 0. The molecule has 0 aliphatic rings. The molecule has 1 heterocycles. The topological polar surface area (TPSA) is 38.9 Å². The van der Waals surface area contributed by atoms with Crippen LogP contribution < -0.4 is 5.73 Å². The van der Waals surface area contributed by atoms with E-state index in [1.165, 1.54) is 11.1 Å². The van der Waals surface area contributed by atoms with Gasteiger partial charge in [0.15, 0.2) is 0 Å². The maximum atomic E-state index is 5.51. The fourth-order valence-electron chi connectivity index (χ4n) is 1.15. The molecule has 0 saturated carbocycles. The minimum absolute atomic E-state index is 0. The Bertz CT molecular complexity index is 248. The second-order valence-corrected chi connectivity index (χ2v) is 2.68. The van der Waals surface area contributed by atoms with E-state index >= 15 is 0 Å². The molecule has 0 amide bonds. The summed E-state index contributed by atoms with van der Waals surface area (Å²) in [6, 6.07) is 2.15. The Morgan fingerprint density at radius 3 is 2.67 bits per heavy atom. The number of hydrogen-bond donors (Lipinski definition) is 1. The number of rotatable bonds is 2. The standard InChI is InChI=1S/C9H14N2.ClH/c1-3-8-4-7(2)6-11-9(8)5-10;/h4,6H,3,5,10H2,1-2H3;1H. The molecule has 0 aliphatic heterocycles. The molecule has 1 aromatic heterocycles. The van der Waals surface area contributed by atoms with E-state index in [1.807, 2.05) is 13.1 Å². The largest absolute Gasteiger partial charge is 0.325 e. The van der Waals surface area contributed by atoms with E-state index < -0.39 is 0 Å². The first-order valence-electron chi connectivity index (χ1n) is 3.92. The van der Waals surface area contributed by atoms with Crippen LogP contribution in [0.15, 0.2) is 12.3 Å². The molecule has 2 N–H and O–H groups in total. The lowest BCUT2D eigenvalue weighted by Gasteiger charge is -2.04. The van der Waals surface area contributed by atoms with Gasteiger partial charge in [-0.05, 0) is 24.5 Å². The summed E-state index contributed by atoms with van der Waals surface area (Å²) < 4.78 is 0. The lowest BCUT2D eigenvalue weighted by molar-refractivity contribution is 0.929. The lowest BCUT2D eigenvalue weighted by atomic mass is 10.1. The lowest BCUT2D eigenvalue weighted by Crippen LogP contribution is -2.04. The molecule has 2 nitrogen and oxygen atoms in total. The van der Waals surface area contributed by atoms with Gasteiger partial charge in [0.2, 0.25) is 0 Å². The molecule has 1 rings (SSSR count). The van der Waals surface area contributed by atoms with Gasteiger partial charge in [-0.3, -0.25) is 4.98 Å². The maximum absolute atomic E-state index is 5.51. The fourth-order valence-corrected chi connectivity index (χ4v) is 1.15. The van der Waals surface area contributed by atoms with Gasteiger partial charge in [-0.15, -0.1) is 12.4 Å². The van der Waals surface area contributed by atoms with Crippen molar-refractivity contribution in [1.29, 1.82) is 0 Å². The Morgan fingerprint density at radius 2 is 2.17 bits per heavy atom. The Morgan fingerprint density at radius 1 is 1.50 bits per heavy atom. The summed E-state index contributed by atoms with van der Waals surface area (Å²) in [6.45, 7) is 4.71. The van der Waals surface area contributed by atoms with E-state index in [0.29, 0.717) is 6.54 Å². The van der Waals surface area contributed by atoms with Crippen LogP contribution >= 0.6 is 12.4 Å². The molecule has 0 aliphatic carbocycles. The van der Waals surface area contributed by atoms with E-state index in [0.717, 1.165) is 12.1 Å². The van der Waals surface area contributed by atoms with Crippen molar-refractivity contribution in [2.75, 3.05) is 0 Å². The van der Waals surface area contributed by atoms with Crippen LogP contribution in [-0.4, -0.2) is 4.98 Å². The number of aryl methyl sites for hydroxylation is 2. The SMILES string of the molecule is CCc1cc(C)cnc1CN.Cl. The van der Waals surface area contributed by atoms with Crippen molar-refractivity contribution < 1.29 is 0 Å². The number of nitrogens with zero attached hydrogens (tertiary/aromatic N) is 1. The first-order valence-corrected chi connectivity index (χ1v) is 3.92. The van der Waals surface area contributed by atoms with Crippen LogP contribution in [0, 0.1) is 6.92 Å². The summed E-state index contributed by atoms with van der Waals surface area (Å²) in [5, 5.41) is 0. The van der Waals surface area contributed by atoms with E-state index in [-0.39, 0.29) is 12.4 Å². The van der Waals surface area contributed by atoms with Gasteiger partial charge in [-0.2, -0.15) is 0 Å². The van der Waals surface area contributed by atoms with Crippen molar-refractivity contribution in [2.24, 2.45) is 5.73 Å². The zero-order chi connectivity index (χ0) is 8.27. The average Bonchev–Trinajstić information content (AvgIpc) is 2.04. The second kappa shape index (κ2) is 5.12. The Labute approximate surface area is 79.6 Å². The molecule has 0 aromatic carbocycles. The molecular weight excluding hydrogens is 172 g/mol. The number of hydrogen-bond acceptors (Lipinski definition) is 2. The summed E-state index contributed by atoms with van der Waals surface area (Å²) in [5.41, 5.74) is 9.02. The van der Waals surface area contributed by atoms with Crippen molar-refractivity contribution in [1.82, 2.24) is 4.98 Å². The molecule has 0 unspecified atom stereocenters. The average molecular weight is 187 g/mol. The second-order valence-electron chi connectivity index (χ2n) is 2.68. The monoisotopic (exact) mass is 186 g/mol. The van der Waals surface area contributed by atoms with Crippen LogP contribution in [0.1, 0.15) is 23.7 Å². The number of halogens is 1. The van der Waals surface area contributed by atoms with Crippen molar-refractivity contribution in [3.63, 3.8) is 0 Å². The first kappa shape index (κ1) is 11.4. The fraction of sp³-hybridized carbons (Fsp3) is 0.444. The van der Waals surface area contributed by atoms with Crippen LogP contribution in [0.3, 0.4) is 0 Å². The molecule has 0 fully saturated rings. The summed E-state index contributed by atoms with van der Waals surface area (Å²) in [7, 11) is 0. The van der Waals surface area contributed by atoms with Crippen LogP contribution in [0.25, 0.3) is 0 Å². The van der Waals surface area contributed by atoms with E-state index in [2.05, 4.69) is 18.0 Å². The minimum Gasteiger partial charge on any atom is -0.325 e. The van der Waals surface area contributed by atoms with Crippen LogP contribution in [-0.2, 0) is 13.0 Å². The van der Waals surface area contributed by atoms with E-state index in [1.54, 1.807) is 0 Å². The zero-order valence-electron chi connectivity index (χ0n) is 7.50. The highest BCUT2D eigenvalue weighted by atomic mass is 35.5. The van der Waals surface area contributed by atoms with Crippen molar-refractivity contribution in [2.45, 2.75) is 26.8 Å². The molecule has 12 heavy (non-hydrogen) atoms. The van der Waals surface area contributed by atoms with E-state index in [4.69, 9.17) is 5.73 Å². The molecule has 3 heteroatoms. The molecule has 68 valence electrons. The Balaban J connectivity index is 0.00000121. The molecular formula is C9H15ClN2. The summed E-state index contributed by atoms with van der Waals surface area (Å²) in [6.07, 6.45) is 2.88. The predicted octanol–water partition coefficient (Wildman–Crippen LogP) is 1.83. The quantitative estimate of drug-likeness (QED) is 0.766. The first-order chi connectivity index (χ1) is 5.27. The van der Waals surface area contributed by atoms with Gasteiger partial charge < -0.3 is 5.73 Å². The molecule has 0 atom stereocenters. The van der Waals surface area contributed by atoms with Gasteiger partial charge in [0, 0.05) is 12.7 Å². The molecule has 0 saturated heterocycles. The van der Waals surface area contributed by atoms with Crippen LogP contribution in [0.2, 0.25) is 0 Å². The number of nitrogens with two attached hydrogens (primary N) is 1. The van der Waals surface area contributed by atoms with Crippen molar-refractivity contribution in [3.05, 3.63) is 29.1 Å². The minimum atomic E-state index is 0. The zero-order valence-corrected chi connectivity index (χ0v) is 8.32. The third kappa shape index (κ3) is 2.47. The third-order valence-corrected chi connectivity index (χ3v) is 1.77. The molecule has 1 aromatic rings.